The van der Waals surface area contributed by atoms with Crippen molar-refractivity contribution in [3.8, 4) is 0 Å². The van der Waals surface area contributed by atoms with Gasteiger partial charge < -0.3 is 4.90 Å². The summed E-state index contributed by atoms with van der Waals surface area (Å²) in [4.78, 5) is 20.4. The molecule has 136 valence electrons. The standard InChI is InChI=1S/C21H21BClN3O/c1-2-14-12-15-4-3-7-24-19(15)20(17-6-5-16(23)13-18(14)17)25-8-10-26(11-9-25)21(22)27/h3-7,12-13,20H,2,8-11H2,1H3. The van der Waals surface area contributed by atoms with Crippen LogP contribution in [0.1, 0.15) is 41.8 Å². The maximum Gasteiger partial charge on any atom is 0.200 e. The number of hydrogen-bond acceptors (Lipinski definition) is 3. The fraction of sp³-hybridized carbons (Fsp3) is 0.333. The van der Waals surface area contributed by atoms with Crippen molar-refractivity contribution in [2.75, 3.05) is 26.2 Å². The number of benzene rings is 1. The monoisotopic (exact) mass is 377 g/mol. The molecule has 27 heavy (non-hydrogen) atoms. The van der Waals surface area contributed by atoms with Gasteiger partial charge in [0.05, 0.1) is 11.7 Å². The van der Waals surface area contributed by atoms with Crippen molar-refractivity contribution in [3.63, 3.8) is 0 Å². The summed E-state index contributed by atoms with van der Waals surface area (Å²) in [6, 6.07) is 10.3. The molecule has 1 unspecified atom stereocenters. The van der Waals surface area contributed by atoms with Crippen LogP contribution in [0.15, 0.2) is 36.5 Å². The van der Waals surface area contributed by atoms with Crippen LogP contribution >= 0.6 is 11.6 Å². The van der Waals surface area contributed by atoms with Crippen LogP contribution in [0.4, 0.5) is 4.79 Å². The Hall–Kier alpha value is -2.11. The van der Waals surface area contributed by atoms with Crippen molar-refractivity contribution in [2.45, 2.75) is 19.4 Å². The van der Waals surface area contributed by atoms with E-state index >= 15 is 0 Å². The number of piperazine rings is 1. The number of pyridine rings is 1. The third-order valence-corrected chi connectivity index (χ3v) is 5.72. The van der Waals surface area contributed by atoms with Gasteiger partial charge in [-0.15, -0.1) is 0 Å². The van der Waals surface area contributed by atoms with Gasteiger partial charge in [-0.25, -0.2) is 0 Å². The molecule has 1 atom stereocenters. The molecule has 0 spiro atoms. The first-order valence-corrected chi connectivity index (χ1v) is 9.70. The number of rotatable bonds is 2. The van der Waals surface area contributed by atoms with Crippen LogP contribution in [-0.4, -0.2) is 54.6 Å². The highest BCUT2D eigenvalue weighted by Gasteiger charge is 2.32. The topological polar surface area (TPSA) is 36.4 Å². The smallest absolute Gasteiger partial charge is 0.200 e. The Bertz CT molecular complexity index is 906. The van der Waals surface area contributed by atoms with Crippen LogP contribution < -0.4 is 0 Å². The molecule has 2 radical (unpaired) electrons. The molecule has 4 nitrogen and oxygen atoms in total. The van der Waals surface area contributed by atoms with Gasteiger partial charge in [-0.3, -0.25) is 14.7 Å². The second-order valence-electron chi connectivity index (χ2n) is 7.00. The van der Waals surface area contributed by atoms with Crippen LogP contribution in [0.25, 0.3) is 11.6 Å². The predicted octanol–water partition coefficient (Wildman–Crippen LogP) is 3.99. The molecule has 6 heteroatoms. The van der Waals surface area contributed by atoms with E-state index in [1.165, 1.54) is 16.7 Å². The Morgan fingerprint density at radius 3 is 2.74 bits per heavy atom. The molecule has 2 aliphatic rings. The summed E-state index contributed by atoms with van der Waals surface area (Å²) in [5.74, 6) is -0.351. The van der Waals surface area contributed by atoms with Gasteiger partial charge in [-0.1, -0.05) is 30.7 Å². The molecular weight excluding hydrogens is 357 g/mol. The van der Waals surface area contributed by atoms with E-state index in [9.17, 15) is 4.79 Å². The quantitative estimate of drug-likeness (QED) is 0.742. The number of nitrogens with zero attached hydrogens (tertiary/aromatic N) is 3. The molecule has 1 aliphatic carbocycles. The van der Waals surface area contributed by atoms with Crippen molar-refractivity contribution in [3.05, 3.63) is 63.9 Å². The van der Waals surface area contributed by atoms with Gasteiger partial charge in [0, 0.05) is 37.4 Å². The Kier molecular flexibility index (Phi) is 5.07. The summed E-state index contributed by atoms with van der Waals surface area (Å²) in [6.45, 7) is 4.94. The number of hydrogen-bond donors (Lipinski definition) is 0. The van der Waals surface area contributed by atoms with E-state index in [0.29, 0.717) is 13.1 Å². The highest BCUT2D eigenvalue weighted by molar-refractivity contribution is 6.56. The summed E-state index contributed by atoms with van der Waals surface area (Å²) < 4.78 is 0. The molecule has 2 aromatic rings. The van der Waals surface area contributed by atoms with E-state index in [-0.39, 0.29) is 11.8 Å². The number of carbonyl (C=O) groups is 1. The van der Waals surface area contributed by atoms with Crippen LogP contribution in [0, 0.1) is 0 Å². The van der Waals surface area contributed by atoms with E-state index in [1.807, 2.05) is 18.3 Å². The zero-order valence-electron chi connectivity index (χ0n) is 15.4. The van der Waals surface area contributed by atoms with Gasteiger partial charge in [0.25, 0.3) is 0 Å². The SMILES string of the molecule is [B]C(=O)N1CCN(C2c3ccc(Cl)cc3C(CC)=Cc3cccnc32)CC1. The first-order valence-electron chi connectivity index (χ1n) is 9.32. The average molecular weight is 378 g/mol. The molecule has 2 heterocycles. The maximum atomic E-state index is 11.5. The molecule has 1 saturated heterocycles. The number of halogens is 1. The first kappa shape index (κ1) is 18.3. The second kappa shape index (κ2) is 7.49. The molecule has 0 N–H and O–H groups in total. The maximum absolute atomic E-state index is 11.5. The molecule has 1 fully saturated rings. The summed E-state index contributed by atoms with van der Waals surface area (Å²) >= 11 is 6.34. The van der Waals surface area contributed by atoms with Gasteiger partial charge in [0.1, 0.15) is 0 Å². The van der Waals surface area contributed by atoms with Gasteiger partial charge in [-0.05, 0) is 53.0 Å². The van der Waals surface area contributed by atoms with Gasteiger partial charge >= 0.3 is 0 Å². The zero-order valence-corrected chi connectivity index (χ0v) is 16.1. The highest BCUT2D eigenvalue weighted by Crippen LogP contribution is 2.41. The summed E-state index contributed by atoms with van der Waals surface area (Å²) in [5.41, 5.74) is 5.86. The van der Waals surface area contributed by atoms with Crippen LogP contribution in [0.3, 0.4) is 0 Å². The molecule has 1 aromatic heterocycles. The number of aromatic nitrogens is 1. The predicted molar refractivity (Wildman–Crippen MR) is 110 cm³/mol. The second-order valence-corrected chi connectivity index (χ2v) is 7.43. The summed E-state index contributed by atoms with van der Waals surface area (Å²) in [5, 5.41) is 0.740. The Labute approximate surface area is 166 Å². The largest absolute Gasteiger partial charge is 0.350 e. The fourth-order valence-electron chi connectivity index (χ4n) is 4.10. The Morgan fingerprint density at radius 1 is 1.26 bits per heavy atom. The third kappa shape index (κ3) is 3.42. The summed E-state index contributed by atoms with van der Waals surface area (Å²) in [6.07, 6.45) is 5.01. The number of allylic oxidation sites excluding steroid dienone is 1. The van der Waals surface area contributed by atoms with Gasteiger partial charge in [0.15, 0.2) is 5.81 Å². The molecule has 4 rings (SSSR count). The highest BCUT2D eigenvalue weighted by atomic mass is 35.5. The fourth-order valence-corrected chi connectivity index (χ4v) is 4.27. The van der Waals surface area contributed by atoms with Crippen molar-refractivity contribution < 1.29 is 4.79 Å². The van der Waals surface area contributed by atoms with Crippen LogP contribution in [0.2, 0.25) is 5.02 Å². The number of fused-ring (bicyclic) bond motifs is 2. The lowest BCUT2D eigenvalue weighted by Gasteiger charge is -2.39. The molecule has 1 amide bonds. The Balaban J connectivity index is 1.82. The summed E-state index contributed by atoms with van der Waals surface area (Å²) in [7, 11) is 5.46. The van der Waals surface area contributed by atoms with Crippen LogP contribution in [-0.2, 0) is 0 Å². The zero-order chi connectivity index (χ0) is 19.0. The lowest BCUT2D eigenvalue weighted by atomic mass is 9.93. The minimum atomic E-state index is -0.351. The van der Waals surface area contributed by atoms with Crippen molar-refractivity contribution in [2.24, 2.45) is 0 Å². The molecular formula is C21H21BClN3O. The first-order chi connectivity index (χ1) is 13.1. The lowest BCUT2D eigenvalue weighted by Crippen LogP contribution is -2.49. The molecule has 1 aromatic carbocycles. The van der Waals surface area contributed by atoms with Crippen molar-refractivity contribution in [1.82, 2.24) is 14.8 Å². The van der Waals surface area contributed by atoms with E-state index in [0.717, 1.165) is 35.8 Å². The normalized spacial score (nSPS) is 19.7. The lowest BCUT2D eigenvalue weighted by molar-refractivity contribution is 0.129. The minimum Gasteiger partial charge on any atom is -0.350 e. The van der Waals surface area contributed by atoms with Gasteiger partial charge in [0.2, 0.25) is 7.85 Å². The number of carbonyl (C=O) groups excluding carboxylic acids is 1. The van der Waals surface area contributed by atoms with Crippen molar-refractivity contribution in [1.29, 1.82) is 0 Å². The third-order valence-electron chi connectivity index (χ3n) is 5.49. The van der Waals surface area contributed by atoms with Crippen molar-refractivity contribution >= 4 is 36.9 Å². The van der Waals surface area contributed by atoms with E-state index in [1.54, 1.807) is 4.90 Å². The van der Waals surface area contributed by atoms with Gasteiger partial charge in [-0.2, -0.15) is 0 Å². The van der Waals surface area contributed by atoms with Crippen LogP contribution in [0.5, 0.6) is 0 Å². The van der Waals surface area contributed by atoms with E-state index in [2.05, 4.69) is 36.1 Å². The Morgan fingerprint density at radius 2 is 2.04 bits per heavy atom. The molecule has 1 aliphatic heterocycles. The van der Waals surface area contributed by atoms with E-state index < -0.39 is 0 Å². The molecule has 0 saturated carbocycles. The minimum absolute atomic E-state index is 0.0313. The average Bonchev–Trinajstić information content (AvgIpc) is 2.82. The molecule has 0 bridgehead atoms. The van der Waals surface area contributed by atoms with E-state index in [4.69, 9.17) is 24.4 Å². The number of amides is 1.